The molecule has 3 aliphatic heterocycles. The highest BCUT2D eigenvalue weighted by Gasteiger charge is 2.44. The highest BCUT2D eigenvalue weighted by atomic mass is 31.2. The summed E-state index contributed by atoms with van der Waals surface area (Å²) in [7, 11) is 0.307. The highest BCUT2D eigenvalue weighted by molar-refractivity contribution is 7.59. The first-order chi connectivity index (χ1) is 34.1. The summed E-state index contributed by atoms with van der Waals surface area (Å²) in [6.07, 6.45) is 4.12. The number of hydrogen-bond donors (Lipinski definition) is 3. The van der Waals surface area contributed by atoms with Crippen molar-refractivity contribution in [3.8, 4) is 0 Å². The zero-order chi connectivity index (χ0) is 53.4. The van der Waals surface area contributed by atoms with Gasteiger partial charge in [-0.15, -0.1) is 0 Å². The SMILES string of the molecule is CC[C@H](C)[C@@H]([C@@H](CC(=O)N1CCC[C@H]1[C@H](OC)[C@@H](C)C(=O)N[C@@H](Cc1ccccc1)P(=O)(O)CC(=O)O)OC)N(C)C(=O)[C@@H](N=C(C(C)C)N1CCN(C(=O)CCCCCN2C(=O)C=CC2=O)CC1)C(C)C. The first-order valence-electron chi connectivity index (χ1n) is 25.7. The van der Waals surface area contributed by atoms with Crippen molar-refractivity contribution in [3.63, 3.8) is 0 Å². The summed E-state index contributed by atoms with van der Waals surface area (Å²) in [5, 5.41) is 12.1. The molecule has 6 amide bonds. The molecule has 0 saturated carbocycles. The van der Waals surface area contributed by atoms with Crippen LogP contribution in [-0.4, -0.2) is 185 Å². The number of carbonyl (C=O) groups is 7. The number of nitrogens with one attached hydrogen (secondary N) is 1. The summed E-state index contributed by atoms with van der Waals surface area (Å²) in [6.45, 7) is 16.6. The molecule has 1 aromatic rings. The van der Waals surface area contributed by atoms with Gasteiger partial charge in [0.2, 0.25) is 31.0 Å². The van der Waals surface area contributed by atoms with Crippen molar-refractivity contribution < 1.29 is 57.6 Å². The number of likely N-dealkylation sites (N-methyl/N-ethyl adjacent to an activating group) is 1. The molecule has 9 atom stereocenters. The van der Waals surface area contributed by atoms with Gasteiger partial charge in [0, 0.05) is 91.4 Å². The number of methoxy groups -OCH3 is 2. The zero-order valence-electron chi connectivity index (χ0n) is 44.2. The second kappa shape index (κ2) is 27.9. The Bertz CT molecular complexity index is 2110. The lowest BCUT2D eigenvalue weighted by atomic mass is 9.89. The third-order valence-electron chi connectivity index (χ3n) is 14.5. The van der Waals surface area contributed by atoms with E-state index in [1.807, 2.05) is 46.4 Å². The molecule has 1 unspecified atom stereocenters. The topological polar surface area (TPSA) is 236 Å². The Labute approximate surface area is 426 Å². The van der Waals surface area contributed by atoms with Crippen LogP contribution < -0.4 is 5.32 Å². The number of carboxylic acid groups (broad SMARTS) is 1. The van der Waals surface area contributed by atoms with Crippen LogP contribution in [0, 0.1) is 23.7 Å². The number of nitrogens with zero attached hydrogens (tertiary/aromatic N) is 6. The molecule has 0 bridgehead atoms. The Morgan fingerprint density at radius 3 is 2.06 bits per heavy atom. The number of imide groups is 1. The molecular formula is C52H82N7O12P. The summed E-state index contributed by atoms with van der Waals surface area (Å²) >= 11 is 0. The van der Waals surface area contributed by atoms with Gasteiger partial charge in [-0.05, 0) is 43.1 Å². The fraction of sp³-hybridized carbons (Fsp3) is 0.692. The van der Waals surface area contributed by atoms with E-state index in [-0.39, 0.29) is 60.1 Å². The van der Waals surface area contributed by atoms with Crippen molar-refractivity contribution in [1.82, 2.24) is 29.8 Å². The van der Waals surface area contributed by atoms with Crippen LogP contribution in [-0.2, 0) is 54.0 Å². The molecule has 0 aliphatic carbocycles. The maximum Gasteiger partial charge on any atom is 0.313 e. The zero-order valence-corrected chi connectivity index (χ0v) is 45.1. The monoisotopic (exact) mass is 1030 g/mol. The predicted molar refractivity (Wildman–Crippen MR) is 274 cm³/mol. The molecule has 0 spiro atoms. The standard InChI is InChI=1S/C52H82N7O12P/c1-11-36(6)48(55(8)52(67)47(34(2)3)54-50(35(4)5)57-29-27-56(28-30-57)42(60)22-16-13-17-25-59-43(61)23-24-44(59)62)40(70-9)32-45(63)58-26-18-21-39(58)49(71-10)37(7)51(66)53-41(72(68,69)33-46(64)65)31-38-19-14-12-15-20-38/h12,14-15,19-20,23-24,34-37,39-41,47-49H,11,13,16-18,21-22,25-33H2,1-10H3,(H,53,66)(H,64,65)(H,68,69)/t36-,37+,39-,40+,41+,47-,48-,49+/m0/s1. The minimum Gasteiger partial charge on any atom is -0.481 e. The Morgan fingerprint density at radius 1 is 0.875 bits per heavy atom. The van der Waals surface area contributed by atoms with Crippen molar-refractivity contribution >= 4 is 54.6 Å². The average Bonchev–Trinajstić information content (AvgIpc) is 3.96. The third-order valence-corrected chi connectivity index (χ3v) is 16.5. The fourth-order valence-electron chi connectivity index (χ4n) is 10.2. The molecule has 4 rings (SSSR count). The van der Waals surface area contributed by atoms with E-state index >= 15 is 0 Å². The average molecular weight is 1030 g/mol. The summed E-state index contributed by atoms with van der Waals surface area (Å²) in [5.41, 5.74) is 0.643. The van der Waals surface area contributed by atoms with Gasteiger partial charge in [-0.3, -0.25) is 48.0 Å². The van der Waals surface area contributed by atoms with Gasteiger partial charge in [0.25, 0.3) is 11.8 Å². The van der Waals surface area contributed by atoms with E-state index in [4.69, 9.17) is 14.5 Å². The van der Waals surface area contributed by atoms with Crippen LogP contribution >= 0.6 is 7.37 Å². The quantitative estimate of drug-likeness (QED) is 0.0358. The van der Waals surface area contributed by atoms with E-state index in [0.717, 1.165) is 12.3 Å². The van der Waals surface area contributed by atoms with Gasteiger partial charge in [-0.1, -0.05) is 91.6 Å². The number of hydrogen-bond acceptors (Lipinski definition) is 11. The maximum absolute atomic E-state index is 14.8. The maximum atomic E-state index is 14.8. The van der Waals surface area contributed by atoms with Crippen LogP contribution in [0.1, 0.15) is 105 Å². The van der Waals surface area contributed by atoms with E-state index in [0.29, 0.717) is 83.4 Å². The summed E-state index contributed by atoms with van der Waals surface area (Å²) in [5.74, 6) is -4.83. The van der Waals surface area contributed by atoms with Crippen LogP contribution in [0.3, 0.4) is 0 Å². The highest BCUT2D eigenvalue weighted by Crippen LogP contribution is 2.46. The van der Waals surface area contributed by atoms with Gasteiger partial charge < -0.3 is 44.4 Å². The second-order valence-corrected chi connectivity index (χ2v) is 22.7. The van der Waals surface area contributed by atoms with Crippen LogP contribution in [0.15, 0.2) is 47.5 Å². The van der Waals surface area contributed by atoms with Gasteiger partial charge in [0.05, 0.1) is 36.6 Å². The molecule has 3 N–H and O–H groups in total. The van der Waals surface area contributed by atoms with Gasteiger partial charge in [-0.25, -0.2) is 0 Å². The summed E-state index contributed by atoms with van der Waals surface area (Å²) in [4.78, 5) is 116. The van der Waals surface area contributed by atoms with Crippen LogP contribution in [0.25, 0.3) is 0 Å². The molecule has 1 aromatic carbocycles. The molecule has 0 radical (unpaired) electrons. The van der Waals surface area contributed by atoms with E-state index < -0.39 is 67.4 Å². The molecule has 20 heteroatoms. The molecule has 19 nitrogen and oxygen atoms in total. The number of benzene rings is 1. The third kappa shape index (κ3) is 16.0. The molecule has 2 saturated heterocycles. The van der Waals surface area contributed by atoms with Crippen LogP contribution in [0.2, 0.25) is 0 Å². The lowest BCUT2D eigenvalue weighted by Gasteiger charge is -2.41. The molecule has 0 aromatic heterocycles. The van der Waals surface area contributed by atoms with E-state index in [1.165, 1.54) is 31.3 Å². The van der Waals surface area contributed by atoms with Gasteiger partial charge in [-0.2, -0.15) is 0 Å². The van der Waals surface area contributed by atoms with Gasteiger partial charge >= 0.3 is 5.97 Å². The number of piperazine rings is 1. The van der Waals surface area contributed by atoms with Crippen molar-refractivity contribution in [2.45, 2.75) is 142 Å². The van der Waals surface area contributed by atoms with Crippen molar-refractivity contribution in [1.29, 1.82) is 0 Å². The first-order valence-corrected chi connectivity index (χ1v) is 27.6. The Hall–Kier alpha value is -4.97. The Kier molecular flexibility index (Phi) is 23.1. The number of rotatable bonds is 27. The van der Waals surface area contributed by atoms with Crippen molar-refractivity contribution in [2.75, 3.05) is 66.7 Å². The lowest BCUT2D eigenvalue weighted by Crippen LogP contribution is -2.55. The van der Waals surface area contributed by atoms with Crippen molar-refractivity contribution in [3.05, 3.63) is 48.0 Å². The number of amidine groups is 1. The number of amides is 6. The Morgan fingerprint density at radius 2 is 1.50 bits per heavy atom. The molecule has 3 heterocycles. The van der Waals surface area contributed by atoms with Crippen LogP contribution in [0.5, 0.6) is 0 Å². The molecule has 402 valence electrons. The smallest absolute Gasteiger partial charge is 0.313 e. The Balaban J connectivity index is 1.43. The molecular weight excluding hydrogens is 946 g/mol. The second-order valence-electron chi connectivity index (χ2n) is 20.3. The number of aliphatic carboxylic acids is 1. The van der Waals surface area contributed by atoms with Gasteiger partial charge in [0.1, 0.15) is 23.8 Å². The minimum atomic E-state index is -4.42. The van der Waals surface area contributed by atoms with Gasteiger partial charge in [0.15, 0.2) is 0 Å². The molecule has 72 heavy (non-hydrogen) atoms. The number of carbonyl (C=O) groups excluding carboxylic acids is 6. The normalized spacial score (nSPS) is 20.3. The minimum absolute atomic E-state index is 0.0203. The predicted octanol–water partition coefficient (Wildman–Crippen LogP) is 4.66. The molecule has 3 aliphatic rings. The van der Waals surface area contributed by atoms with E-state index in [9.17, 15) is 48.1 Å². The van der Waals surface area contributed by atoms with Crippen LogP contribution in [0.4, 0.5) is 0 Å². The lowest BCUT2D eigenvalue weighted by molar-refractivity contribution is -0.146. The van der Waals surface area contributed by atoms with Crippen molar-refractivity contribution in [2.24, 2.45) is 28.7 Å². The summed E-state index contributed by atoms with van der Waals surface area (Å²) in [6, 6.07) is 6.94. The number of unbranched alkanes of at least 4 members (excludes halogenated alkanes) is 2. The number of likely N-dealkylation sites (tertiary alicyclic amines) is 1. The van der Waals surface area contributed by atoms with E-state index in [1.54, 1.807) is 54.1 Å². The molecule has 2 fully saturated rings. The number of aliphatic imine (C=N–C) groups is 1. The largest absolute Gasteiger partial charge is 0.481 e. The summed E-state index contributed by atoms with van der Waals surface area (Å²) < 4.78 is 25.4. The fourth-order valence-corrected chi connectivity index (χ4v) is 11.6. The first kappa shape index (κ1) is 59.6. The van der Waals surface area contributed by atoms with E-state index in [2.05, 4.69) is 10.2 Å². The number of carboxylic acids is 1. The number of ether oxygens (including phenoxy) is 2.